The highest BCUT2D eigenvalue weighted by atomic mass is 32.2. The van der Waals surface area contributed by atoms with Crippen LogP contribution in [-0.4, -0.2) is 37.0 Å². The molecule has 7 heteroatoms. The van der Waals surface area contributed by atoms with Crippen molar-refractivity contribution in [2.24, 2.45) is 5.41 Å². The molecule has 18 heavy (non-hydrogen) atoms. The molecule has 1 aliphatic heterocycles. The maximum Gasteiger partial charge on any atom is 0.311 e. The lowest BCUT2D eigenvalue weighted by Crippen LogP contribution is -2.27. The summed E-state index contributed by atoms with van der Waals surface area (Å²) in [6, 6.07) is 0. The van der Waals surface area contributed by atoms with Crippen LogP contribution in [0.15, 0.2) is 0 Å². The van der Waals surface area contributed by atoms with Crippen molar-refractivity contribution in [1.29, 1.82) is 0 Å². The molecule has 1 saturated heterocycles. The molecule has 98 valence electrons. The zero-order chi connectivity index (χ0) is 12.8. The Morgan fingerprint density at radius 2 is 2.28 bits per heavy atom. The summed E-state index contributed by atoms with van der Waals surface area (Å²) in [6.45, 7) is 2.55. The Balaban J connectivity index is 1.86. The van der Waals surface area contributed by atoms with E-state index in [1.54, 1.807) is 4.68 Å². The number of carbonyl (C=O) groups is 1. The van der Waals surface area contributed by atoms with Gasteiger partial charge < -0.3 is 5.11 Å². The van der Waals surface area contributed by atoms with Crippen molar-refractivity contribution >= 4 is 17.7 Å². The molecule has 2 aliphatic rings. The highest BCUT2D eigenvalue weighted by Gasteiger charge is 2.52. The van der Waals surface area contributed by atoms with Gasteiger partial charge in [-0.25, -0.2) is 4.68 Å². The van der Waals surface area contributed by atoms with Gasteiger partial charge in [-0.3, -0.25) is 4.79 Å². The van der Waals surface area contributed by atoms with E-state index in [0.29, 0.717) is 6.54 Å². The van der Waals surface area contributed by atoms with E-state index in [9.17, 15) is 9.90 Å². The fourth-order valence-electron chi connectivity index (χ4n) is 2.52. The second kappa shape index (κ2) is 3.94. The molecular weight excluding hydrogens is 252 g/mol. The van der Waals surface area contributed by atoms with E-state index < -0.39 is 11.4 Å². The van der Waals surface area contributed by atoms with Crippen LogP contribution in [0.25, 0.3) is 0 Å². The van der Waals surface area contributed by atoms with E-state index >= 15 is 0 Å². The number of carboxylic acids is 1. The third-order valence-electron chi connectivity index (χ3n) is 3.98. The van der Waals surface area contributed by atoms with Crippen molar-refractivity contribution in [2.75, 3.05) is 5.75 Å². The minimum atomic E-state index is -0.729. The van der Waals surface area contributed by atoms with Gasteiger partial charge in [-0.1, -0.05) is 0 Å². The smallest absolute Gasteiger partial charge is 0.311 e. The Morgan fingerprint density at radius 3 is 2.83 bits per heavy atom. The lowest BCUT2D eigenvalue weighted by molar-refractivity contribution is -0.144. The number of carboxylic acid groups (broad SMARTS) is 1. The number of aliphatic carboxylic acids is 1. The summed E-state index contributed by atoms with van der Waals surface area (Å²) >= 11 is 1.86. The zero-order valence-corrected chi connectivity index (χ0v) is 11.1. The Bertz CT molecular complexity index is 477. The first kappa shape index (κ1) is 12.0. The molecule has 2 heterocycles. The first-order valence-electron chi connectivity index (χ1n) is 6.20. The van der Waals surface area contributed by atoms with Gasteiger partial charge in [-0.2, -0.15) is 0 Å². The second-order valence-corrected chi connectivity index (χ2v) is 7.03. The standard InChI is InChI=1S/C11H16N4O2S/c1-10(3-2-6-18-10)8-12-13-14-15(8)7-11(4-5-11)9(16)17/h2-7H2,1H3,(H,16,17). The van der Waals surface area contributed by atoms with Gasteiger partial charge in [0, 0.05) is 0 Å². The Morgan fingerprint density at radius 1 is 1.50 bits per heavy atom. The van der Waals surface area contributed by atoms with Gasteiger partial charge in [-0.05, 0) is 48.8 Å². The molecule has 0 spiro atoms. The summed E-state index contributed by atoms with van der Waals surface area (Å²) in [7, 11) is 0. The molecule has 1 aliphatic carbocycles. The molecule has 0 amide bonds. The van der Waals surface area contributed by atoms with Crippen molar-refractivity contribution in [3.63, 3.8) is 0 Å². The average molecular weight is 268 g/mol. The average Bonchev–Trinajstić information content (AvgIpc) is 2.75. The molecule has 1 atom stereocenters. The summed E-state index contributed by atoms with van der Waals surface area (Å²) in [5.74, 6) is 1.22. The molecule has 1 aromatic heterocycles. The molecule has 3 rings (SSSR count). The van der Waals surface area contributed by atoms with Gasteiger partial charge in [-0.15, -0.1) is 16.9 Å². The highest BCUT2D eigenvalue weighted by molar-refractivity contribution is 8.00. The van der Waals surface area contributed by atoms with Crippen LogP contribution in [0.4, 0.5) is 0 Å². The predicted octanol–water partition coefficient (Wildman–Crippen LogP) is 1.28. The number of tetrazole rings is 1. The van der Waals surface area contributed by atoms with E-state index in [1.165, 1.54) is 0 Å². The lowest BCUT2D eigenvalue weighted by atomic mass is 10.0. The van der Waals surface area contributed by atoms with Crippen LogP contribution in [0.3, 0.4) is 0 Å². The van der Waals surface area contributed by atoms with Crippen LogP contribution in [0.2, 0.25) is 0 Å². The van der Waals surface area contributed by atoms with Gasteiger partial charge in [0.15, 0.2) is 5.82 Å². The van der Waals surface area contributed by atoms with Crippen LogP contribution >= 0.6 is 11.8 Å². The third-order valence-corrected chi connectivity index (χ3v) is 5.50. The summed E-state index contributed by atoms with van der Waals surface area (Å²) in [5, 5.41) is 21.1. The van der Waals surface area contributed by atoms with Crippen molar-refractivity contribution in [2.45, 2.75) is 43.9 Å². The Kier molecular flexibility index (Phi) is 2.62. The predicted molar refractivity (Wildman–Crippen MR) is 66.2 cm³/mol. The molecule has 1 aromatic rings. The van der Waals surface area contributed by atoms with Crippen molar-refractivity contribution < 1.29 is 9.90 Å². The van der Waals surface area contributed by atoms with E-state index in [-0.39, 0.29) is 4.75 Å². The minimum absolute atomic E-state index is 0.0575. The molecular formula is C11H16N4O2S. The van der Waals surface area contributed by atoms with Crippen LogP contribution in [0.5, 0.6) is 0 Å². The molecule has 0 bridgehead atoms. The van der Waals surface area contributed by atoms with Gasteiger partial charge in [0.05, 0.1) is 16.7 Å². The number of nitrogens with zero attached hydrogens (tertiary/aromatic N) is 4. The number of rotatable bonds is 4. The molecule has 0 aromatic carbocycles. The number of thioether (sulfide) groups is 1. The Hall–Kier alpha value is -1.11. The van der Waals surface area contributed by atoms with Crippen LogP contribution < -0.4 is 0 Å². The molecule has 1 saturated carbocycles. The van der Waals surface area contributed by atoms with Gasteiger partial charge in [0.2, 0.25) is 0 Å². The SMILES string of the molecule is CC1(c2nnnn2CC2(C(=O)O)CC2)CCCS1. The van der Waals surface area contributed by atoms with Crippen LogP contribution in [-0.2, 0) is 16.1 Å². The monoisotopic (exact) mass is 268 g/mol. The summed E-state index contributed by atoms with van der Waals surface area (Å²) < 4.78 is 1.65. The van der Waals surface area contributed by atoms with Crippen LogP contribution in [0.1, 0.15) is 38.4 Å². The fraction of sp³-hybridized carbons (Fsp3) is 0.818. The topological polar surface area (TPSA) is 80.9 Å². The molecule has 0 radical (unpaired) electrons. The number of aromatic nitrogens is 4. The van der Waals surface area contributed by atoms with E-state index in [2.05, 4.69) is 22.4 Å². The van der Waals surface area contributed by atoms with Crippen LogP contribution in [0, 0.1) is 5.41 Å². The third kappa shape index (κ3) is 1.81. The summed E-state index contributed by atoms with van der Waals surface area (Å²) in [6.07, 6.45) is 3.67. The van der Waals surface area contributed by atoms with E-state index in [0.717, 1.165) is 37.3 Å². The molecule has 1 N–H and O–H groups in total. The normalized spacial score (nSPS) is 29.4. The maximum atomic E-state index is 11.2. The van der Waals surface area contributed by atoms with Gasteiger partial charge in [0.1, 0.15) is 0 Å². The van der Waals surface area contributed by atoms with Crippen molar-refractivity contribution in [3.05, 3.63) is 5.82 Å². The first-order valence-corrected chi connectivity index (χ1v) is 7.18. The molecule has 2 fully saturated rings. The fourth-order valence-corrected chi connectivity index (χ4v) is 3.83. The Labute approximate surface area is 109 Å². The highest BCUT2D eigenvalue weighted by Crippen LogP contribution is 2.49. The number of hydrogen-bond acceptors (Lipinski definition) is 5. The van der Waals surface area contributed by atoms with E-state index in [4.69, 9.17) is 0 Å². The molecule has 6 nitrogen and oxygen atoms in total. The largest absolute Gasteiger partial charge is 0.481 e. The summed E-state index contributed by atoms with van der Waals surface area (Å²) in [5.41, 5.74) is -0.621. The zero-order valence-electron chi connectivity index (χ0n) is 10.3. The second-order valence-electron chi connectivity index (χ2n) is 5.43. The lowest BCUT2D eigenvalue weighted by Gasteiger charge is -2.22. The minimum Gasteiger partial charge on any atom is -0.481 e. The quantitative estimate of drug-likeness (QED) is 0.886. The van der Waals surface area contributed by atoms with Crippen molar-refractivity contribution in [3.8, 4) is 0 Å². The number of hydrogen-bond donors (Lipinski definition) is 1. The van der Waals surface area contributed by atoms with Crippen molar-refractivity contribution in [1.82, 2.24) is 20.2 Å². The van der Waals surface area contributed by atoms with E-state index in [1.807, 2.05) is 11.8 Å². The first-order chi connectivity index (χ1) is 8.56. The summed E-state index contributed by atoms with van der Waals surface area (Å²) in [4.78, 5) is 11.2. The maximum absolute atomic E-state index is 11.2. The molecule has 1 unspecified atom stereocenters. The van der Waals surface area contributed by atoms with Gasteiger partial charge >= 0.3 is 5.97 Å². The van der Waals surface area contributed by atoms with Gasteiger partial charge in [0.25, 0.3) is 0 Å².